The van der Waals surface area contributed by atoms with Gasteiger partial charge in [0.1, 0.15) is 0 Å². The van der Waals surface area contributed by atoms with E-state index in [9.17, 15) is 9.90 Å². The van der Waals surface area contributed by atoms with Crippen molar-refractivity contribution in [2.24, 2.45) is 5.84 Å². The van der Waals surface area contributed by atoms with Gasteiger partial charge in [0.25, 0.3) is 0 Å². The number of aliphatic hydroxyl groups is 1. The smallest absolute Gasteiger partial charge is 0.337 e. The van der Waals surface area contributed by atoms with Gasteiger partial charge in [-0.3, -0.25) is 5.84 Å². The Morgan fingerprint density at radius 3 is 2.62 bits per heavy atom. The summed E-state index contributed by atoms with van der Waals surface area (Å²) in [6.45, 7) is 0. The van der Waals surface area contributed by atoms with Gasteiger partial charge in [-0.1, -0.05) is 18.2 Å². The monoisotopic (exact) mass is 182 g/mol. The van der Waals surface area contributed by atoms with Gasteiger partial charge in [0.2, 0.25) is 0 Å². The van der Waals surface area contributed by atoms with Crippen LogP contribution in [0.25, 0.3) is 0 Å². The fraction of sp³-hybridized carbons (Fsp3) is 0.125. The van der Waals surface area contributed by atoms with E-state index in [0.717, 1.165) is 0 Å². The molecule has 13 heavy (non-hydrogen) atoms. The number of nitrogens with two attached hydrogens (primary N) is 1. The second-order valence-corrected chi connectivity index (χ2v) is 2.47. The maximum absolute atomic E-state index is 10.4. The Kier molecular flexibility index (Phi) is 2.84. The maximum Gasteiger partial charge on any atom is 0.337 e. The van der Waals surface area contributed by atoms with Gasteiger partial charge >= 0.3 is 5.97 Å². The van der Waals surface area contributed by atoms with Crippen LogP contribution in [0.3, 0.4) is 0 Å². The van der Waals surface area contributed by atoms with Crippen LogP contribution in [0.5, 0.6) is 0 Å². The Bertz CT molecular complexity index is 314. The molecule has 1 aromatic rings. The molecule has 1 rings (SSSR count). The van der Waals surface area contributed by atoms with Crippen LogP contribution in [0.4, 0.5) is 5.69 Å². The second-order valence-electron chi connectivity index (χ2n) is 2.47. The van der Waals surface area contributed by atoms with E-state index in [0.29, 0.717) is 5.69 Å². The molecule has 0 aliphatic rings. The highest BCUT2D eigenvalue weighted by Gasteiger charge is 2.18. The van der Waals surface area contributed by atoms with E-state index in [1.54, 1.807) is 18.2 Å². The number of nitrogens with one attached hydrogen (secondary N) is 1. The number of benzene rings is 1. The molecule has 5 heteroatoms. The Balaban J connectivity index is 3.05. The number of carboxylic acid groups (broad SMARTS) is 1. The van der Waals surface area contributed by atoms with Gasteiger partial charge in [-0.25, -0.2) is 4.79 Å². The fourth-order valence-corrected chi connectivity index (χ4v) is 1.000. The van der Waals surface area contributed by atoms with Crippen molar-refractivity contribution in [1.29, 1.82) is 0 Å². The topological polar surface area (TPSA) is 95.6 Å². The van der Waals surface area contributed by atoms with E-state index in [1.807, 2.05) is 0 Å². The molecule has 0 heterocycles. The number of carboxylic acids is 1. The van der Waals surface area contributed by atoms with E-state index in [1.165, 1.54) is 6.07 Å². The summed E-state index contributed by atoms with van der Waals surface area (Å²) in [5.74, 6) is 3.83. The van der Waals surface area contributed by atoms with Gasteiger partial charge in [0.15, 0.2) is 6.10 Å². The van der Waals surface area contributed by atoms with Crippen LogP contribution in [-0.2, 0) is 4.79 Å². The molecular weight excluding hydrogens is 172 g/mol. The summed E-state index contributed by atoms with van der Waals surface area (Å²) in [4.78, 5) is 10.4. The Hall–Kier alpha value is -1.59. The minimum atomic E-state index is -1.55. The predicted octanol–water partition coefficient (Wildman–Crippen LogP) is 0.0902. The fourth-order valence-electron chi connectivity index (χ4n) is 1.000. The van der Waals surface area contributed by atoms with Gasteiger partial charge in [-0.2, -0.15) is 0 Å². The standard InChI is InChI=1S/C8H10N2O3/c9-10-6-4-2-1-3-5(6)7(11)8(12)13/h1-4,7,10-11H,9H2,(H,12,13)/t7-/m1/s1. The van der Waals surface area contributed by atoms with Crippen LogP contribution in [-0.4, -0.2) is 16.2 Å². The molecule has 0 fully saturated rings. The molecule has 1 atom stereocenters. The summed E-state index contributed by atoms with van der Waals surface area (Å²) in [5, 5.41) is 17.8. The third-order valence-corrected chi connectivity index (χ3v) is 1.64. The van der Waals surface area contributed by atoms with Crippen molar-refractivity contribution in [3.63, 3.8) is 0 Å². The summed E-state index contributed by atoms with van der Waals surface area (Å²) < 4.78 is 0. The molecule has 0 amide bonds. The quantitative estimate of drug-likeness (QED) is 0.392. The zero-order chi connectivity index (χ0) is 9.84. The maximum atomic E-state index is 10.4. The van der Waals surface area contributed by atoms with E-state index >= 15 is 0 Å². The first-order valence-corrected chi connectivity index (χ1v) is 3.63. The van der Waals surface area contributed by atoms with Crippen LogP contribution in [0.1, 0.15) is 11.7 Å². The number of carbonyl (C=O) groups is 1. The van der Waals surface area contributed by atoms with Crippen LogP contribution in [0.15, 0.2) is 24.3 Å². The Labute approximate surface area is 74.8 Å². The normalized spacial score (nSPS) is 12.2. The number of nitrogen functional groups attached to an aromatic ring is 1. The molecule has 0 aliphatic heterocycles. The van der Waals surface area contributed by atoms with Crippen molar-refractivity contribution in [3.05, 3.63) is 29.8 Å². The first-order chi connectivity index (χ1) is 6.16. The number of anilines is 1. The first kappa shape index (κ1) is 9.50. The third kappa shape index (κ3) is 1.95. The minimum Gasteiger partial charge on any atom is -0.479 e. The van der Waals surface area contributed by atoms with Crippen molar-refractivity contribution in [2.45, 2.75) is 6.10 Å². The number of hydrogen-bond donors (Lipinski definition) is 4. The molecule has 0 radical (unpaired) electrons. The number of aliphatic carboxylic acids is 1. The number of rotatable bonds is 3. The summed E-state index contributed by atoms with van der Waals surface area (Å²) in [6.07, 6.45) is -1.55. The van der Waals surface area contributed by atoms with Crippen molar-refractivity contribution in [1.82, 2.24) is 0 Å². The second kappa shape index (κ2) is 3.88. The minimum absolute atomic E-state index is 0.248. The lowest BCUT2D eigenvalue weighted by atomic mass is 10.1. The van der Waals surface area contributed by atoms with Crippen LogP contribution < -0.4 is 11.3 Å². The highest BCUT2D eigenvalue weighted by Crippen LogP contribution is 2.21. The third-order valence-electron chi connectivity index (χ3n) is 1.64. The lowest BCUT2D eigenvalue weighted by molar-refractivity contribution is -0.146. The van der Waals surface area contributed by atoms with E-state index < -0.39 is 12.1 Å². The SMILES string of the molecule is NNc1ccccc1[C@@H](O)C(=O)O. The average Bonchev–Trinajstić information content (AvgIpc) is 2.16. The van der Waals surface area contributed by atoms with Gasteiger partial charge in [0.05, 0.1) is 5.69 Å². The molecular formula is C8H10N2O3. The number of hydrazine groups is 1. The molecule has 0 aliphatic carbocycles. The van der Waals surface area contributed by atoms with E-state index in [4.69, 9.17) is 10.9 Å². The number of hydrogen-bond acceptors (Lipinski definition) is 4. The first-order valence-electron chi connectivity index (χ1n) is 3.63. The largest absolute Gasteiger partial charge is 0.479 e. The molecule has 0 aromatic heterocycles. The molecule has 0 bridgehead atoms. The van der Waals surface area contributed by atoms with Crippen molar-refractivity contribution < 1.29 is 15.0 Å². The Morgan fingerprint density at radius 1 is 1.46 bits per heavy atom. The zero-order valence-electron chi connectivity index (χ0n) is 6.77. The van der Waals surface area contributed by atoms with Crippen LogP contribution in [0, 0.1) is 0 Å². The average molecular weight is 182 g/mol. The lowest BCUT2D eigenvalue weighted by Gasteiger charge is -2.10. The predicted molar refractivity (Wildman–Crippen MR) is 46.8 cm³/mol. The summed E-state index contributed by atoms with van der Waals surface area (Å²) >= 11 is 0. The van der Waals surface area contributed by atoms with Crippen molar-refractivity contribution in [3.8, 4) is 0 Å². The highest BCUT2D eigenvalue weighted by molar-refractivity contribution is 5.76. The number of para-hydroxylation sites is 1. The van der Waals surface area contributed by atoms with Gasteiger partial charge in [-0.05, 0) is 6.07 Å². The van der Waals surface area contributed by atoms with Gasteiger partial charge in [-0.15, -0.1) is 0 Å². The molecule has 0 spiro atoms. The molecule has 5 nitrogen and oxygen atoms in total. The van der Waals surface area contributed by atoms with E-state index in [-0.39, 0.29) is 5.56 Å². The van der Waals surface area contributed by atoms with Crippen LogP contribution in [0.2, 0.25) is 0 Å². The molecule has 70 valence electrons. The molecule has 0 saturated heterocycles. The lowest BCUT2D eigenvalue weighted by Crippen LogP contribution is -2.15. The number of aliphatic hydroxyl groups excluding tert-OH is 1. The van der Waals surface area contributed by atoms with Gasteiger partial charge in [0, 0.05) is 5.56 Å². The van der Waals surface area contributed by atoms with E-state index in [2.05, 4.69) is 5.43 Å². The molecule has 0 saturated carbocycles. The summed E-state index contributed by atoms with van der Waals surface area (Å²) in [6, 6.07) is 6.39. The molecule has 5 N–H and O–H groups in total. The summed E-state index contributed by atoms with van der Waals surface area (Å²) in [5.41, 5.74) is 2.96. The van der Waals surface area contributed by atoms with Crippen LogP contribution >= 0.6 is 0 Å². The summed E-state index contributed by atoms with van der Waals surface area (Å²) in [7, 11) is 0. The molecule has 0 unspecified atom stereocenters. The van der Waals surface area contributed by atoms with Crippen molar-refractivity contribution >= 4 is 11.7 Å². The van der Waals surface area contributed by atoms with Crippen molar-refractivity contribution in [2.75, 3.05) is 5.43 Å². The van der Waals surface area contributed by atoms with Gasteiger partial charge < -0.3 is 15.6 Å². The Morgan fingerprint density at radius 2 is 2.08 bits per heavy atom. The molecule has 1 aromatic carbocycles. The highest BCUT2D eigenvalue weighted by atomic mass is 16.4. The zero-order valence-corrected chi connectivity index (χ0v) is 6.77.